The Bertz CT molecular complexity index is 197. The fraction of sp³-hybridized carbons (Fsp3) is 0.875. The lowest BCUT2D eigenvalue weighted by Gasteiger charge is -2.39. The van der Waals surface area contributed by atoms with Gasteiger partial charge in [-0.3, -0.25) is 4.79 Å². The summed E-state index contributed by atoms with van der Waals surface area (Å²) in [4.78, 5) is 11.1. The van der Waals surface area contributed by atoms with Gasteiger partial charge in [0.2, 0.25) is 0 Å². The SMILES string of the molecule is C[N+]12CCCC1CNC(=O)C2.[I-]. The first-order valence-electron chi connectivity index (χ1n) is 4.32. The zero-order valence-corrected chi connectivity index (χ0v) is 9.50. The number of hydrogen-bond acceptors (Lipinski definition) is 1. The molecule has 2 unspecified atom stereocenters. The largest absolute Gasteiger partial charge is 1.00 e. The molecule has 0 saturated carbocycles. The van der Waals surface area contributed by atoms with Gasteiger partial charge in [0.05, 0.1) is 20.1 Å². The summed E-state index contributed by atoms with van der Waals surface area (Å²) in [5.41, 5.74) is 0. The first kappa shape index (κ1) is 10.2. The van der Waals surface area contributed by atoms with Crippen molar-refractivity contribution in [3.8, 4) is 0 Å². The smallest absolute Gasteiger partial charge is 0.275 e. The molecule has 0 spiro atoms. The molecule has 3 nitrogen and oxygen atoms in total. The molecule has 2 aliphatic heterocycles. The van der Waals surface area contributed by atoms with Gasteiger partial charge in [0.15, 0.2) is 6.54 Å². The quantitative estimate of drug-likeness (QED) is 0.367. The highest BCUT2D eigenvalue weighted by Crippen LogP contribution is 2.25. The van der Waals surface area contributed by atoms with Crippen LogP contribution in [0.15, 0.2) is 0 Å². The van der Waals surface area contributed by atoms with Crippen molar-refractivity contribution in [2.24, 2.45) is 0 Å². The number of hydrogen-bond donors (Lipinski definition) is 1. The molecule has 1 N–H and O–H groups in total. The maximum absolute atomic E-state index is 11.1. The van der Waals surface area contributed by atoms with Crippen LogP contribution >= 0.6 is 0 Å². The van der Waals surface area contributed by atoms with Crippen LogP contribution in [-0.4, -0.2) is 43.1 Å². The zero-order chi connectivity index (χ0) is 7.90. The number of carbonyl (C=O) groups is 1. The maximum Gasteiger partial charge on any atom is 0.275 e. The fourth-order valence-electron chi connectivity index (χ4n) is 2.33. The molecular weight excluding hydrogens is 267 g/mol. The normalized spacial score (nSPS) is 39.8. The van der Waals surface area contributed by atoms with Crippen LogP contribution in [0, 0.1) is 0 Å². The van der Waals surface area contributed by atoms with Crippen LogP contribution < -0.4 is 29.3 Å². The van der Waals surface area contributed by atoms with Gasteiger partial charge in [0.25, 0.3) is 5.91 Å². The molecule has 2 atom stereocenters. The average Bonchev–Trinajstić information content (AvgIpc) is 2.28. The van der Waals surface area contributed by atoms with E-state index in [0.29, 0.717) is 12.6 Å². The molecule has 2 heterocycles. The number of likely N-dealkylation sites (N-methyl/N-ethyl adjacent to an activating group) is 1. The Balaban J connectivity index is 0.000000720. The number of piperazine rings is 1. The Morgan fingerprint density at radius 1 is 1.58 bits per heavy atom. The summed E-state index contributed by atoms with van der Waals surface area (Å²) in [6.07, 6.45) is 2.58. The molecule has 1 amide bonds. The molecule has 0 aliphatic carbocycles. The minimum absolute atomic E-state index is 0. The van der Waals surface area contributed by atoms with Crippen molar-refractivity contribution in [1.29, 1.82) is 0 Å². The Hall–Kier alpha value is 0.160. The number of nitrogens with zero attached hydrogens (tertiary/aromatic N) is 1. The number of halogens is 1. The van der Waals surface area contributed by atoms with E-state index in [-0.39, 0.29) is 29.9 Å². The molecule has 0 radical (unpaired) electrons. The Kier molecular flexibility index (Phi) is 2.98. The number of fused-ring (bicyclic) bond motifs is 1. The molecule has 0 aromatic rings. The van der Waals surface area contributed by atoms with Gasteiger partial charge in [-0.05, 0) is 0 Å². The second kappa shape index (κ2) is 3.49. The molecule has 2 fully saturated rings. The molecule has 0 aromatic carbocycles. The van der Waals surface area contributed by atoms with E-state index in [9.17, 15) is 4.79 Å². The van der Waals surface area contributed by atoms with Crippen LogP contribution in [0.25, 0.3) is 0 Å². The van der Waals surface area contributed by atoms with E-state index in [1.807, 2.05) is 0 Å². The molecule has 2 rings (SSSR count). The number of rotatable bonds is 0. The van der Waals surface area contributed by atoms with Gasteiger partial charge in [-0.1, -0.05) is 0 Å². The van der Waals surface area contributed by atoms with Crippen molar-refractivity contribution in [3.63, 3.8) is 0 Å². The van der Waals surface area contributed by atoms with Crippen LogP contribution in [0.3, 0.4) is 0 Å². The van der Waals surface area contributed by atoms with Crippen molar-refractivity contribution in [1.82, 2.24) is 5.32 Å². The van der Waals surface area contributed by atoms with E-state index in [0.717, 1.165) is 11.0 Å². The highest BCUT2D eigenvalue weighted by atomic mass is 127. The van der Waals surface area contributed by atoms with Crippen molar-refractivity contribution in [2.45, 2.75) is 18.9 Å². The summed E-state index contributed by atoms with van der Waals surface area (Å²) in [6, 6.07) is 0.702. The van der Waals surface area contributed by atoms with Gasteiger partial charge >= 0.3 is 0 Å². The Morgan fingerprint density at radius 2 is 2.33 bits per heavy atom. The molecule has 0 aromatic heterocycles. The molecule has 12 heavy (non-hydrogen) atoms. The van der Waals surface area contributed by atoms with Crippen LogP contribution in [0.5, 0.6) is 0 Å². The minimum atomic E-state index is 0. The molecule has 2 saturated heterocycles. The summed E-state index contributed by atoms with van der Waals surface area (Å²) < 4.78 is 0.992. The van der Waals surface area contributed by atoms with Crippen molar-refractivity contribution in [2.75, 3.05) is 26.7 Å². The summed E-state index contributed by atoms with van der Waals surface area (Å²) in [5, 5.41) is 2.92. The average molecular weight is 282 g/mol. The highest BCUT2D eigenvalue weighted by molar-refractivity contribution is 5.77. The molecule has 2 aliphatic rings. The first-order chi connectivity index (χ1) is 5.21. The molecular formula is C8H15IN2O. The van der Waals surface area contributed by atoms with Crippen molar-refractivity contribution in [3.05, 3.63) is 0 Å². The van der Waals surface area contributed by atoms with E-state index in [1.165, 1.54) is 19.4 Å². The first-order valence-corrected chi connectivity index (χ1v) is 4.32. The lowest BCUT2D eigenvalue weighted by Crippen LogP contribution is -3.00. The lowest BCUT2D eigenvalue weighted by molar-refractivity contribution is -0.914. The van der Waals surface area contributed by atoms with E-state index in [1.54, 1.807) is 0 Å². The predicted molar refractivity (Wildman–Crippen MR) is 42.0 cm³/mol. The third-order valence-electron chi connectivity index (χ3n) is 3.13. The number of amides is 1. The minimum Gasteiger partial charge on any atom is -1.00 e. The standard InChI is InChI=1S/C8H14N2O.HI/c1-10-4-2-3-7(10)5-9-8(11)6-10;/h7H,2-6H2,1H3;1H. The van der Waals surface area contributed by atoms with E-state index in [2.05, 4.69) is 12.4 Å². The van der Waals surface area contributed by atoms with Gasteiger partial charge in [0, 0.05) is 12.8 Å². The number of quaternary nitrogens is 1. The lowest BCUT2D eigenvalue weighted by atomic mass is 10.1. The van der Waals surface area contributed by atoms with E-state index < -0.39 is 0 Å². The van der Waals surface area contributed by atoms with Crippen LogP contribution in [0.2, 0.25) is 0 Å². The molecule has 70 valence electrons. The number of carbonyl (C=O) groups excluding carboxylic acids is 1. The van der Waals surface area contributed by atoms with Gasteiger partial charge in [-0.15, -0.1) is 0 Å². The summed E-state index contributed by atoms with van der Waals surface area (Å²) in [6.45, 7) is 2.79. The van der Waals surface area contributed by atoms with Crippen molar-refractivity contribution >= 4 is 5.91 Å². The Labute approximate surface area is 90.1 Å². The van der Waals surface area contributed by atoms with Crippen molar-refractivity contribution < 1.29 is 33.3 Å². The third kappa shape index (κ3) is 1.59. The second-order valence-electron chi connectivity index (χ2n) is 3.96. The second-order valence-corrected chi connectivity index (χ2v) is 3.96. The van der Waals surface area contributed by atoms with Gasteiger partial charge < -0.3 is 33.8 Å². The maximum atomic E-state index is 11.1. The predicted octanol–water partition coefficient (Wildman–Crippen LogP) is -3.27. The molecule has 4 heteroatoms. The third-order valence-corrected chi connectivity index (χ3v) is 3.13. The summed E-state index contributed by atoms with van der Waals surface area (Å²) in [7, 11) is 2.20. The molecule has 0 bridgehead atoms. The number of nitrogens with one attached hydrogen (secondary N) is 1. The van der Waals surface area contributed by atoms with Gasteiger partial charge in [-0.25, -0.2) is 0 Å². The van der Waals surface area contributed by atoms with Crippen LogP contribution in [0.1, 0.15) is 12.8 Å². The monoisotopic (exact) mass is 282 g/mol. The Morgan fingerprint density at radius 3 is 3.08 bits per heavy atom. The summed E-state index contributed by atoms with van der Waals surface area (Å²) >= 11 is 0. The zero-order valence-electron chi connectivity index (χ0n) is 7.35. The van der Waals surface area contributed by atoms with Crippen LogP contribution in [0.4, 0.5) is 0 Å². The van der Waals surface area contributed by atoms with Crippen LogP contribution in [-0.2, 0) is 4.79 Å². The fourth-order valence-corrected chi connectivity index (χ4v) is 2.33. The van der Waals surface area contributed by atoms with E-state index in [4.69, 9.17) is 0 Å². The highest BCUT2D eigenvalue weighted by Gasteiger charge is 2.42. The van der Waals surface area contributed by atoms with Gasteiger partial charge in [-0.2, -0.15) is 0 Å². The topological polar surface area (TPSA) is 29.1 Å². The summed E-state index contributed by atoms with van der Waals surface area (Å²) in [5.74, 6) is 0.227. The van der Waals surface area contributed by atoms with Gasteiger partial charge in [0.1, 0.15) is 6.04 Å². The van der Waals surface area contributed by atoms with E-state index >= 15 is 0 Å².